The molecule has 0 aliphatic rings. The van der Waals surface area contributed by atoms with E-state index < -0.39 is 5.82 Å². The molecule has 4 nitrogen and oxygen atoms in total. The van der Waals surface area contributed by atoms with Gasteiger partial charge in [0.05, 0.1) is 13.7 Å². The number of nitrogens with one attached hydrogen (secondary N) is 1. The Morgan fingerprint density at radius 3 is 2.72 bits per heavy atom. The van der Waals surface area contributed by atoms with Crippen LogP contribution >= 0.6 is 11.8 Å². The summed E-state index contributed by atoms with van der Waals surface area (Å²) in [7, 11) is 1.44. The van der Waals surface area contributed by atoms with Crippen molar-refractivity contribution in [2.24, 2.45) is 0 Å². The lowest BCUT2D eigenvalue weighted by Crippen LogP contribution is -2.32. The predicted molar refractivity (Wildman–Crippen MR) is 101 cm³/mol. The third kappa shape index (κ3) is 5.76. The minimum Gasteiger partial charge on any atom is -0.494 e. The Kier molecular flexibility index (Phi) is 7.28. The third-order valence-electron chi connectivity index (χ3n) is 3.79. The number of anilines is 1. The Hall–Kier alpha value is -2.05. The van der Waals surface area contributed by atoms with Crippen LogP contribution in [-0.2, 0) is 11.3 Å². The number of benzene rings is 2. The van der Waals surface area contributed by atoms with Gasteiger partial charge in [0.15, 0.2) is 11.6 Å². The maximum absolute atomic E-state index is 13.8. The summed E-state index contributed by atoms with van der Waals surface area (Å²) in [6.07, 6.45) is 1.99. The van der Waals surface area contributed by atoms with E-state index in [2.05, 4.69) is 5.32 Å². The summed E-state index contributed by atoms with van der Waals surface area (Å²) in [5.74, 6) is -0.262. The average Bonchev–Trinajstić information content (AvgIpc) is 2.61. The Morgan fingerprint density at radius 2 is 2.08 bits per heavy atom. The molecule has 0 aromatic heterocycles. The van der Waals surface area contributed by atoms with Crippen molar-refractivity contribution in [3.05, 3.63) is 53.8 Å². The predicted octanol–water partition coefficient (Wildman–Crippen LogP) is 4.02. The molecule has 1 amide bonds. The van der Waals surface area contributed by atoms with Crippen LogP contribution in [0.15, 0.2) is 47.4 Å². The number of nitrogens with zero attached hydrogens (tertiary/aromatic N) is 1. The van der Waals surface area contributed by atoms with E-state index in [1.165, 1.54) is 13.2 Å². The van der Waals surface area contributed by atoms with Crippen molar-refractivity contribution in [2.75, 3.05) is 31.8 Å². The van der Waals surface area contributed by atoms with Gasteiger partial charge in [0, 0.05) is 17.1 Å². The van der Waals surface area contributed by atoms with Crippen molar-refractivity contribution >= 4 is 23.4 Å². The van der Waals surface area contributed by atoms with Crippen LogP contribution in [0.3, 0.4) is 0 Å². The molecule has 0 heterocycles. The van der Waals surface area contributed by atoms with Crippen molar-refractivity contribution in [2.45, 2.75) is 18.4 Å². The summed E-state index contributed by atoms with van der Waals surface area (Å²) in [5.41, 5.74) is 1.58. The smallest absolute Gasteiger partial charge is 0.238 e. The molecule has 0 saturated carbocycles. The summed E-state index contributed by atoms with van der Waals surface area (Å²) in [6.45, 7) is 3.40. The average molecular weight is 362 g/mol. The Labute approximate surface area is 152 Å². The zero-order valence-corrected chi connectivity index (χ0v) is 15.5. The minimum atomic E-state index is -0.394. The van der Waals surface area contributed by atoms with Crippen LogP contribution in [0.25, 0.3) is 0 Å². The largest absolute Gasteiger partial charge is 0.494 e. The number of amides is 1. The maximum atomic E-state index is 13.8. The van der Waals surface area contributed by atoms with Gasteiger partial charge in [0.25, 0.3) is 0 Å². The van der Waals surface area contributed by atoms with Gasteiger partial charge in [-0.05, 0) is 48.7 Å². The Morgan fingerprint density at radius 1 is 1.28 bits per heavy atom. The van der Waals surface area contributed by atoms with Gasteiger partial charge in [-0.15, -0.1) is 11.8 Å². The summed E-state index contributed by atoms with van der Waals surface area (Å²) in [6, 6.07) is 12.6. The summed E-state index contributed by atoms with van der Waals surface area (Å²) >= 11 is 1.63. The molecular weight excluding hydrogens is 339 g/mol. The van der Waals surface area contributed by atoms with Crippen LogP contribution in [0.4, 0.5) is 10.1 Å². The highest BCUT2D eigenvalue weighted by Gasteiger charge is 2.12. The summed E-state index contributed by atoms with van der Waals surface area (Å²) in [4.78, 5) is 15.3. The molecule has 134 valence electrons. The number of rotatable bonds is 8. The van der Waals surface area contributed by atoms with Crippen molar-refractivity contribution in [3.8, 4) is 5.75 Å². The maximum Gasteiger partial charge on any atom is 0.238 e. The van der Waals surface area contributed by atoms with Crippen molar-refractivity contribution in [1.29, 1.82) is 0 Å². The SMILES string of the molecule is CCN(CC(=O)Nc1cccc(SC)c1)Cc1ccc(OC)c(F)c1. The van der Waals surface area contributed by atoms with Gasteiger partial charge in [0.2, 0.25) is 5.91 Å². The summed E-state index contributed by atoms with van der Waals surface area (Å²) < 4.78 is 18.7. The molecular formula is C19H23FN2O2S. The fraction of sp³-hybridized carbons (Fsp3) is 0.316. The van der Waals surface area contributed by atoms with E-state index in [-0.39, 0.29) is 18.2 Å². The molecule has 0 fully saturated rings. The molecule has 0 spiro atoms. The van der Waals surface area contributed by atoms with Crippen molar-refractivity contribution in [3.63, 3.8) is 0 Å². The zero-order chi connectivity index (χ0) is 18.2. The lowest BCUT2D eigenvalue weighted by molar-refractivity contribution is -0.117. The molecule has 0 radical (unpaired) electrons. The zero-order valence-electron chi connectivity index (χ0n) is 14.7. The first-order valence-corrected chi connectivity index (χ1v) is 9.26. The third-order valence-corrected chi connectivity index (χ3v) is 4.52. The summed E-state index contributed by atoms with van der Waals surface area (Å²) in [5, 5.41) is 2.91. The lowest BCUT2D eigenvalue weighted by Gasteiger charge is -2.20. The van der Waals surface area contributed by atoms with Crippen molar-refractivity contribution in [1.82, 2.24) is 4.90 Å². The van der Waals surface area contributed by atoms with Crippen LogP contribution in [0.5, 0.6) is 5.75 Å². The van der Waals surface area contributed by atoms with Crippen LogP contribution in [0.2, 0.25) is 0 Å². The first-order valence-electron chi connectivity index (χ1n) is 8.04. The molecule has 0 unspecified atom stereocenters. The molecule has 6 heteroatoms. The molecule has 0 aliphatic heterocycles. The molecule has 0 atom stereocenters. The highest BCUT2D eigenvalue weighted by Crippen LogP contribution is 2.20. The van der Waals surface area contributed by atoms with E-state index in [0.29, 0.717) is 13.1 Å². The molecule has 0 bridgehead atoms. The second kappa shape index (κ2) is 9.44. The van der Waals surface area contributed by atoms with E-state index in [4.69, 9.17) is 4.74 Å². The number of methoxy groups -OCH3 is 1. The van der Waals surface area contributed by atoms with E-state index in [1.54, 1.807) is 17.8 Å². The highest BCUT2D eigenvalue weighted by molar-refractivity contribution is 7.98. The number of thioether (sulfide) groups is 1. The van der Waals surface area contributed by atoms with E-state index in [1.807, 2.05) is 48.4 Å². The monoisotopic (exact) mass is 362 g/mol. The van der Waals surface area contributed by atoms with Crippen LogP contribution in [0, 0.1) is 5.82 Å². The second-order valence-corrected chi connectivity index (χ2v) is 6.43. The number of halogens is 1. The number of ether oxygens (including phenoxy) is 1. The van der Waals surface area contributed by atoms with E-state index in [0.717, 1.165) is 16.1 Å². The fourth-order valence-electron chi connectivity index (χ4n) is 2.45. The van der Waals surface area contributed by atoms with Crippen LogP contribution < -0.4 is 10.1 Å². The fourth-order valence-corrected chi connectivity index (χ4v) is 2.91. The van der Waals surface area contributed by atoms with Crippen molar-refractivity contribution < 1.29 is 13.9 Å². The standard InChI is InChI=1S/C19H23FN2O2S/c1-4-22(12-14-8-9-18(24-2)17(20)10-14)13-19(23)21-15-6-5-7-16(11-15)25-3/h5-11H,4,12-13H2,1-3H3,(H,21,23). The molecule has 0 aliphatic carbocycles. The van der Waals surface area contributed by atoms with Gasteiger partial charge in [-0.25, -0.2) is 4.39 Å². The molecule has 2 aromatic carbocycles. The molecule has 0 saturated heterocycles. The highest BCUT2D eigenvalue weighted by atomic mass is 32.2. The molecule has 2 aromatic rings. The van der Waals surface area contributed by atoms with E-state index >= 15 is 0 Å². The van der Waals surface area contributed by atoms with E-state index in [9.17, 15) is 9.18 Å². The molecule has 2 rings (SSSR count). The van der Waals surface area contributed by atoms with Crippen LogP contribution in [-0.4, -0.2) is 37.3 Å². The Bertz CT molecular complexity index is 724. The molecule has 1 N–H and O–H groups in total. The lowest BCUT2D eigenvalue weighted by atomic mass is 10.2. The quantitative estimate of drug-likeness (QED) is 0.720. The number of likely N-dealkylation sites (N-methyl/N-ethyl adjacent to an activating group) is 1. The number of carbonyl (C=O) groups is 1. The molecule has 25 heavy (non-hydrogen) atoms. The second-order valence-electron chi connectivity index (χ2n) is 5.55. The van der Waals surface area contributed by atoms with Gasteiger partial charge in [0.1, 0.15) is 0 Å². The van der Waals surface area contributed by atoms with Gasteiger partial charge in [-0.3, -0.25) is 9.69 Å². The minimum absolute atomic E-state index is 0.0888. The number of hydrogen-bond donors (Lipinski definition) is 1. The number of hydrogen-bond acceptors (Lipinski definition) is 4. The first-order chi connectivity index (χ1) is 12.0. The van der Waals surface area contributed by atoms with Gasteiger partial charge >= 0.3 is 0 Å². The normalized spacial score (nSPS) is 10.8. The number of carbonyl (C=O) groups excluding carboxylic acids is 1. The van der Waals surface area contributed by atoms with Gasteiger partial charge in [-0.1, -0.05) is 19.1 Å². The first kappa shape index (κ1) is 19.3. The Balaban J connectivity index is 1.96. The topological polar surface area (TPSA) is 41.6 Å². The van der Waals surface area contributed by atoms with Crippen LogP contribution in [0.1, 0.15) is 12.5 Å². The van der Waals surface area contributed by atoms with Gasteiger partial charge in [-0.2, -0.15) is 0 Å². The van der Waals surface area contributed by atoms with Gasteiger partial charge < -0.3 is 10.1 Å².